The summed E-state index contributed by atoms with van der Waals surface area (Å²) in [6.07, 6.45) is 4.64. The van der Waals surface area contributed by atoms with E-state index in [0.29, 0.717) is 11.6 Å². The van der Waals surface area contributed by atoms with Crippen molar-refractivity contribution >= 4 is 5.97 Å². The number of hydrogen-bond donors (Lipinski definition) is 0. The average molecular weight is 240 g/mol. The molecule has 2 aromatic rings. The van der Waals surface area contributed by atoms with Crippen LogP contribution >= 0.6 is 0 Å². The number of carbonyl (C=O) groups excluding carboxylic acids is 1. The minimum atomic E-state index is -0.477. The van der Waals surface area contributed by atoms with Gasteiger partial charge in [0, 0.05) is 24.0 Å². The second-order valence-corrected chi connectivity index (χ2v) is 3.73. The van der Waals surface area contributed by atoms with E-state index in [1.54, 1.807) is 36.7 Å². The van der Waals surface area contributed by atoms with E-state index in [9.17, 15) is 4.79 Å². The van der Waals surface area contributed by atoms with Gasteiger partial charge >= 0.3 is 5.97 Å². The summed E-state index contributed by atoms with van der Waals surface area (Å²) in [5.41, 5.74) is 1.88. The van der Waals surface area contributed by atoms with E-state index in [-0.39, 0.29) is 0 Å². The van der Waals surface area contributed by atoms with Gasteiger partial charge in [-0.05, 0) is 36.8 Å². The first-order valence-corrected chi connectivity index (χ1v) is 5.42. The summed E-state index contributed by atoms with van der Waals surface area (Å²) in [5, 5.41) is 0. The normalized spacial score (nSPS) is 9.83. The van der Waals surface area contributed by atoms with Crippen molar-refractivity contribution in [1.82, 2.24) is 9.97 Å². The molecule has 0 aliphatic rings. The number of benzene rings is 1. The van der Waals surface area contributed by atoms with Gasteiger partial charge in [-0.2, -0.15) is 0 Å². The molecule has 0 bridgehead atoms. The molecular formula is C14H12N2O2. The number of aryl methyl sites for hydroxylation is 1. The molecule has 0 aliphatic heterocycles. The van der Waals surface area contributed by atoms with Crippen LogP contribution in [0.3, 0.4) is 0 Å². The van der Waals surface area contributed by atoms with Crippen molar-refractivity contribution in [3.05, 3.63) is 54.9 Å². The number of esters is 1. The van der Waals surface area contributed by atoms with Crippen LogP contribution in [0.4, 0.5) is 0 Å². The molecule has 1 aromatic heterocycles. The predicted octanol–water partition coefficient (Wildman–Crippen LogP) is 2.54. The molecule has 0 saturated heterocycles. The highest BCUT2D eigenvalue weighted by Crippen LogP contribution is 2.19. The van der Waals surface area contributed by atoms with Gasteiger partial charge in [0.05, 0.1) is 0 Å². The van der Waals surface area contributed by atoms with E-state index < -0.39 is 5.97 Å². The lowest BCUT2D eigenvalue weighted by molar-refractivity contribution is -0.128. The highest BCUT2D eigenvalue weighted by molar-refractivity contribution is 5.83. The summed E-state index contributed by atoms with van der Waals surface area (Å²) in [6, 6.07) is 6.99. The van der Waals surface area contributed by atoms with Gasteiger partial charge in [0.25, 0.3) is 0 Å². The number of carbonyl (C=O) groups is 1. The zero-order chi connectivity index (χ0) is 13.0. The zero-order valence-corrected chi connectivity index (χ0v) is 9.96. The Bertz CT molecular complexity index is 559. The molecule has 0 radical (unpaired) electrons. The smallest absolute Gasteiger partial charge is 0.335 e. The molecule has 90 valence electrons. The van der Waals surface area contributed by atoms with E-state index in [2.05, 4.69) is 16.5 Å². The third kappa shape index (κ3) is 2.79. The van der Waals surface area contributed by atoms with Crippen molar-refractivity contribution < 1.29 is 9.53 Å². The molecule has 1 aromatic carbocycles. The van der Waals surface area contributed by atoms with Gasteiger partial charge in [0.2, 0.25) is 0 Å². The first-order valence-electron chi connectivity index (χ1n) is 5.42. The Morgan fingerprint density at radius 1 is 1.22 bits per heavy atom. The number of ether oxygens (including phenoxy) is 1. The number of nitrogens with zero attached hydrogens (tertiary/aromatic N) is 2. The van der Waals surface area contributed by atoms with E-state index in [1.807, 2.05) is 6.92 Å². The highest BCUT2D eigenvalue weighted by Gasteiger charge is 2.03. The Morgan fingerprint density at radius 3 is 2.39 bits per heavy atom. The van der Waals surface area contributed by atoms with Crippen LogP contribution in [0.25, 0.3) is 11.4 Å². The Labute approximate surface area is 105 Å². The molecule has 4 heteroatoms. The molecule has 0 unspecified atom stereocenters. The van der Waals surface area contributed by atoms with Crippen LogP contribution < -0.4 is 4.74 Å². The minimum absolute atomic E-state index is 0.468. The molecule has 18 heavy (non-hydrogen) atoms. The van der Waals surface area contributed by atoms with Gasteiger partial charge in [-0.3, -0.25) is 0 Å². The largest absolute Gasteiger partial charge is 0.423 e. The Kier molecular flexibility index (Phi) is 3.48. The van der Waals surface area contributed by atoms with Crippen molar-refractivity contribution in [3.63, 3.8) is 0 Å². The first-order chi connectivity index (χ1) is 8.69. The maximum absolute atomic E-state index is 11.0. The molecule has 2 rings (SSSR count). The lowest BCUT2D eigenvalue weighted by atomic mass is 10.2. The van der Waals surface area contributed by atoms with Crippen LogP contribution in [0.15, 0.2) is 49.3 Å². The van der Waals surface area contributed by atoms with Crippen LogP contribution in [0.2, 0.25) is 0 Å². The third-order valence-electron chi connectivity index (χ3n) is 2.28. The van der Waals surface area contributed by atoms with Gasteiger partial charge < -0.3 is 4.74 Å². The summed E-state index contributed by atoms with van der Waals surface area (Å²) < 4.78 is 4.98. The molecule has 0 aliphatic carbocycles. The summed E-state index contributed by atoms with van der Waals surface area (Å²) in [6.45, 7) is 5.27. The first kappa shape index (κ1) is 12.0. The summed E-state index contributed by atoms with van der Waals surface area (Å²) in [7, 11) is 0. The fourth-order valence-corrected chi connectivity index (χ4v) is 1.37. The molecular weight excluding hydrogens is 228 g/mol. The molecule has 0 spiro atoms. The molecule has 0 atom stereocenters. The molecule has 0 fully saturated rings. The van der Waals surface area contributed by atoms with E-state index in [0.717, 1.165) is 17.2 Å². The van der Waals surface area contributed by atoms with Crippen LogP contribution in [0.1, 0.15) is 5.56 Å². The fourth-order valence-electron chi connectivity index (χ4n) is 1.37. The van der Waals surface area contributed by atoms with Crippen LogP contribution in [0, 0.1) is 6.92 Å². The molecule has 0 N–H and O–H groups in total. The van der Waals surface area contributed by atoms with Crippen molar-refractivity contribution in [2.45, 2.75) is 6.92 Å². The summed E-state index contributed by atoms with van der Waals surface area (Å²) in [4.78, 5) is 19.4. The van der Waals surface area contributed by atoms with Crippen LogP contribution in [-0.4, -0.2) is 15.9 Å². The topological polar surface area (TPSA) is 52.1 Å². The third-order valence-corrected chi connectivity index (χ3v) is 2.28. The summed E-state index contributed by atoms with van der Waals surface area (Å²) >= 11 is 0. The number of rotatable bonds is 3. The maximum Gasteiger partial charge on any atom is 0.335 e. The highest BCUT2D eigenvalue weighted by atomic mass is 16.5. The monoisotopic (exact) mass is 240 g/mol. The van der Waals surface area contributed by atoms with Crippen molar-refractivity contribution in [2.24, 2.45) is 0 Å². The van der Waals surface area contributed by atoms with E-state index >= 15 is 0 Å². The van der Waals surface area contributed by atoms with Gasteiger partial charge in [0.1, 0.15) is 5.75 Å². The second kappa shape index (κ2) is 5.23. The lowest BCUT2D eigenvalue weighted by Gasteiger charge is -2.03. The van der Waals surface area contributed by atoms with Crippen molar-refractivity contribution in [3.8, 4) is 17.1 Å². The predicted molar refractivity (Wildman–Crippen MR) is 68.0 cm³/mol. The van der Waals surface area contributed by atoms with Gasteiger partial charge in [-0.1, -0.05) is 6.58 Å². The van der Waals surface area contributed by atoms with E-state index in [1.165, 1.54) is 0 Å². The quantitative estimate of drug-likeness (QED) is 0.470. The summed E-state index contributed by atoms with van der Waals surface area (Å²) in [5.74, 6) is 0.632. The molecule has 4 nitrogen and oxygen atoms in total. The van der Waals surface area contributed by atoms with Crippen LogP contribution in [0.5, 0.6) is 5.75 Å². The standard InChI is InChI=1S/C14H12N2O2/c1-3-13(17)18-12-6-4-11(5-7-12)14-15-8-10(2)9-16-14/h3-9H,1H2,2H3. The molecule has 1 heterocycles. The van der Waals surface area contributed by atoms with Crippen molar-refractivity contribution in [1.29, 1.82) is 0 Å². The minimum Gasteiger partial charge on any atom is -0.423 e. The fraction of sp³-hybridized carbons (Fsp3) is 0.0714. The van der Waals surface area contributed by atoms with Crippen molar-refractivity contribution in [2.75, 3.05) is 0 Å². The number of hydrogen-bond acceptors (Lipinski definition) is 4. The maximum atomic E-state index is 11.0. The average Bonchev–Trinajstić information content (AvgIpc) is 2.40. The van der Waals surface area contributed by atoms with Crippen LogP contribution in [-0.2, 0) is 4.79 Å². The Balaban J connectivity index is 2.19. The Morgan fingerprint density at radius 2 is 1.83 bits per heavy atom. The molecule has 0 amide bonds. The number of aromatic nitrogens is 2. The second-order valence-electron chi connectivity index (χ2n) is 3.73. The zero-order valence-electron chi connectivity index (χ0n) is 9.96. The van der Waals surface area contributed by atoms with E-state index in [4.69, 9.17) is 4.74 Å². The SMILES string of the molecule is C=CC(=O)Oc1ccc(-c2ncc(C)cn2)cc1. The molecule has 0 saturated carbocycles. The Hall–Kier alpha value is -2.49. The van der Waals surface area contributed by atoms with Gasteiger partial charge in [-0.25, -0.2) is 14.8 Å². The van der Waals surface area contributed by atoms with Gasteiger partial charge in [0.15, 0.2) is 5.82 Å². The van der Waals surface area contributed by atoms with Gasteiger partial charge in [-0.15, -0.1) is 0 Å². The lowest BCUT2D eigenvalue weighted by Crippen LogP contribution is -2.02.